The summed E-state index contributed by atoms with van der Waals surface area (Å²) in [4.78, 5) is 14.0. The second-order valence-corrected chi connectivity index (χ2v) is 10.2. The van der Waals surface area contributed by atoms with Gasteiger partial charge < -0.3 is 19.8 Å². The van der Waals surface area contributed by atoms with Crippen LogP contribution in [-0.4, -0.2) is 46.5 Å². The summed E-state index contributed by atoms with van der Waals surface area (Å²) >= 11 is 0. The lowest BCUT2D eigenvalue weighted by Gasteiger charge is -2.40. The topological polar surface area (TPSA) is 70.0 Å². The van der Waals surface area contributed by atoms with E-state index in [1.807, 2.05) is 52.8 Å². The van der Waals surface area contributed by atoms with Crippen LogP contribution >= 0.6 is 0 Å². The molecular formula is C31H39NO4. The molecule has 0 radical (unpaired) electrons. The van der Waals surface area contributed by atoms with E-state index in [1.165, 1.54) is 5.56 Å². The van der Waals surface area contributed by atoms with Crippen LogP contribution in [0, 0.1) is 0 Å². The highest BCUT2D eigenvalue weighted by molar-refractivity contribution is 5.85. The van der Waals surface area contributed by atoms with Crippen molar-refractivity contribution in [2.24, 2.45) is 0 Å². The molecule has 1 aliphatic rings. The van der Waals surface area contributed by atoms with Crippen LogP contribution in [0.3, 0.4) is 0 Å². The van der Waals surface area contributed by atoms with Crippen molar-refractivity contribution in [1.82, 2.24) is 4.90 Å². The van der Waals surface area contributed by atoms with E-state index in [-0.39, 0.29) is 24.4 Å². The second kappa shape index (κ2) is 12.1. The Morgan fingerprint density at radius 2 is 1.61 bits per heavy atom. The van der Waals surface area contributed by atoms with Crippen molar-refractivity contribution in [3.8, 4) is 5.75 Å². The van der Waals surface area contributed by atoms with Gasteiger partial charge in [-0.25, -0.2) is 4.79 Å². The van der Waals surface area contributed by atoms with Gasteiger partial charge in [0.25, 0.3) is 0 Å². The first-order valence-corrected chi connectivity index (χ1v) is 12.7. The van der Waals surface area contributed by atoms with Gasteiger partial charge in [0.15, 0.2) is 0 Å². The molecule has 2 N–H and O–H groups in total. The number of nitrogens with zero attached hydrogens (tertiary/aromatic N) is 1. The Morgan fingerprint density at radius 3 is 2.11 bits per heavy atom. The number of amides is 1. The monoisotopic (exact) mass is 489 g/mol. The molecule has 1 aliphatic heterocycles. The lowest BCUT2D eigenvalue weighted by atomic mass is 9.85. The van der Waals surface area contributed by atoms with E-state index in [9.17, 15) is 15.0 Å². The Bertz CT molecular complexity index is 1110. The van der Waals surface area contributed by atoms with Gasteiger partial charge in [0.1, 0.15) is 11.4 Å². The van der Waals surface area contributed by atoms with E-state index in [4.69, 9.17) is 4.74 Å². The summed E-state index contributed by atoms with van der Waals surface area (Å²) in [6.45, 7) is 11.1. The largest absolute Gasteiger partial charge is 0.508 e. The van der Waals surface area contributed by atoms with Crippen molar-refractivity contribution in [2.45, 2.75) is 59.0 Å². The van der Waals surface area contributed by atoms with Gasteiger partial charge in [0, 0.05) is 25.6 Å². The third kappa shape index (κ3) is 6.88. The molecule has 0 aromatic heterocycles. The minimum Gasteiger partial charge on any atom is -0.508 e. The number of aliphatic hydroxyl groups excluding tert-OH is 1. The number of benzene rings is 2. The van der Waals surface area contributed by atoms with Gasteiger partial charge >= 0.3 is 6.09 Å². The van der Waals surface area contributed by atoms with Gasteiger partial charge in [0.05, 0.1) is 0 Å². The number of carbonyl (C=O) groups is 1. The molecule has 3 rings (SSSR count). The Balaban J connectivity index is 1.94. The van der Waals surface area contributed by atoms with Crippen LogP contribution in [-0.2, 0) is 4.74 Å². The quantitative estimate of drug-likeness (QED) is 0.399. The van der Waals surface area contributed by atoms with Gasteiger partial charge in [-0.1, -0.05) is 54.6 Å². The first kappa shape index (κ1) is 27.3. The van der Waals surface area contributed by atoms with E-state index >= 15 is 0 Å². The fourth-order valence-electron chi connectivity index (χ4n) is 4.45. The number of phenolic OH excluding ortho intramolecular Hbond substituents is 1. The smallest absolute Gasteiger partial charge is 0.410 e. The summed E-state index contributed by atoms with van der Waals surface area (Å²) in [5.41, 5.74) is 6.15. The van der Waals surface area contributed by atoms with Gasteiger partial charge in [0.2, 0.25) is 0 Å². The minimum absolute atomic E-state index is 0.119. The normalized spacial score (nSPS) is 15.6. The molecule has 5 nitrogen and oxygen atoms in total. The van der Waals surface area contributed by atoms with Gasteiger partial charge in [-0.05, 0) is 93.0 Å². The molecule has 2 aromatic carbocycles. The first-order chi connectivity index (χ1) is 17.2. The van der Waals surface area contributed by atoms with Crippen LogP contribution in [0.2, 0.25) is 0 Å². The molecule has 1 saturated heterocycles. The molecule has 0 atom stereocenters. The number of carbonyl (C=O) groups excluding carboxylic acids is 1. The highest BCUT2D eigenvalue weighted by atomic mass is 16.6. The molecule has 192 valence electrons. The van der Waals surface area contributed by atoms with Crippen molar-refractivity contribution >= 4 is 11.7 Å². The fourth-order valence-corrected chi connectivity index (χ4v) is 4.45. The molecule has 0 aliphatic carbocycles. The molecule has 36 heavy (non-hydrogen) atoms. The molecule has 0 unspecified atom stereocenters. The number of ether oxygens (including phenoxy) is 1. The summed E-state index contributed by atoms with van der Waals surface area (Å²) < 4.78 is 5.48. The molecule has 1 amide bonds. The second-order valence-electron chi connectivity index (χ2n) is 10.2. The molecule has 0 spiro atoms. The maximum Gasteiger partial charge on any atom is 0.410 e. The van der Waals surface area contributed by atoms with Crippen molar-refractivity contribution < 1.29 is 19.7 Å². The van der Waals surface area contributed by atoms with Crippen LogP contribution in [0.1, 0.15) is 70.1 Å². The molecule has 1 heterocycles. The van der Waals surface area contributed by atoms with E-state index in [0.717, 1.165) is 34.3 Å². The summed E-state index contributed by atoms with van der Waals surface area (Å²) in [6.07, 6.45) is 7.35. The first-order valence-electron chi connectivity index (χ1n) is 12.7. The molecule has 2 aromatic rings. The third-order valence-corrected chi connectivity index (χ3v) is 6.25. The zero-order valence-corrected chi connectivity index (χ0v) is 22.1. The highest BCUT2D eigenvalue weighted by Crippen LogP contribution is 2.36. The summed E-state index contributed by atoms with van der Waals surface area (Å²) in [7, 11) is 0. The average Bonchev–Trinajstić information content (AvgIpc) is 2.80. The third-order valence-electron chi connectivity index (χ3n) is 6.25. The number of likely N-dealkylation sites (tertiary alicyclic amines) is 1. The predicted molar refractivity (Wildman–Crippen MR) is 146 cm³/mol. The van der Waals surface area contributed by atoms with Gasteiger partial charge in [-0.2, -0.15) is 0 Å². The maximum absolute atomic E-state index is 12.3. The van der Waals surface area contributed by atoms with Crippen LogP contribution in [0.4, 0.5) is 4.79 Å². The zero-order chi connectivity index (χ0) is 26.3. The Kier molecular flexibility index (Phi) is 9.16. The molecule has 5 heteroatoms. The lowest BCUT2D eigenvalue weighted by Crippen LogP contribution is -2.50. The Morgan fingerprint density at radius 1 is 1.03 bits per heavy atom. The van der Waals surface area contributed by atoms with E-state index in [0.29, 0.717) is 19.5 Å². The van der Waals surface area contributed by atoms with E-state index in [2.05, 4.69) is 36.4 Å². The highest BCUT2D eigenvalue weighted by Gasteiger charge is 2.34. The summed E-state index contributed by atoms with van der Waals surface area (Å²) in [5, 5.41) is 19.5. The molecular weight excluding hydrogens is 450 g/mol. The van der Waals surface area contributed by atoms with Gasteiger partial charge in [-0.15, -0.1) is 0 Å². The summed E-state index contributed by atoms with van der Waals surface area (Å²) in [6, 6.07) is 15.8. The maximum atomic E-state index is 12.3. The Hall–Kier alpha value is -3.31. The van der Waals surface area contributed by atoms with E-state index < -0.39 is 5.60 Å². The van der Waals surface area contributed by atoms with Crippen molar-refractivity contribution in [3.05, 3.63) is 94.6 Å². The van der Waals surface area contributed by atoms with Crippen molar-refractivity contribution in [2.75, 3.05) is 19.7 Å². The molecule has 1 fully saturated rings. The van der Waals surface area contributed by atoms with Crippen molar-refractivity contribution in [1.29, 1.82) is 0 Å². The van der Waals surface area contributed by atoms with Crippen LogP contribution < -0.4 is 0 Å². The van der Waals surface area contributed by atoms with Gasteiger partial charge in [-0.3, -0.25) is 0 Å². The average molecular weight is 490 g/mol. The van der Waals surface area contributed by atoms with Crippen LogP contribution in [0.25, 0.3) is 5.57 Å². The molecule has 0 saturated carbocycles. The number of aliphatic hydroxyl groups is 1. The number of phenols is 1. The number of allylic oxidation sites excluding steroid dienone is 5. The minimum atomic E-state index is -0.493. The predicted octanol–water partition coefficient (Wildman–Crippen LogP) is 6.82. The van der Waals surface area contributed by atoms with E-state index in [1.54, 1.807) is 17.0 Å². The SMILES string of the molecule is C\C=C/C(=C\C)C(/CCCO)=C(/c1ccc(O)cc1)c1ccc(C2CN(C(=O)OC(C)(C)C)C2)cc1. The number of hydrogen-bond acceptors (Lipinski definition) is 4. The van der Waals surface area contributed by atoms with Crippen LogP contribution in [0.5, 0.6) is 5.75 Å². The number of hydrogen-bond donors (Lipinski definition) is 2. The number of aromatic hydroxyl groups is 1. The number of rotatable bonds is 8. The van der Waals surface area contributed by atoms with Crippen LogP contribution in [0.15, 0.2) is 77.9 Å². The Labute approximate surface area is 215 Å². The molecule has 0 bridgehead atoms. The standard InChI is InChI=1S/C31H39NO4/c1-6-9-22(7-2)28(10-8-19-33)29(25-15-17-27(34)18-16-25)24-13-11-23(12-14-24)26-20-32(21-26)30(35)36-31(3,4)5/h6-7,9,11-18,26,33-34H,8,10,19-21H2,1-5H3/b9-6-,22-7+,29-28+. The zero-order valence-electron chi connectivity index (χ0n) is 22.1. The fraction of sp³-hybridized carbons (Fsp3) is 0.387. The summed E-state index contributed by atoms with van der Waals surface area (Å²) in [5.74, 6) is 0.514. The van der Waals surface area contributed by atoms with Crippen molar-refractivity contribution in [3.63, 3.8) is 0 Å². The lowest BCUT2D eigenvalue weighted by molar-refractivity contribution is 0.00819.